The summed E-state index contributed by atoms with van der Waals surface area (Å²) in [5.41, 5.74) is 0.956. The standard InChI is InChI=1S/C17H26N4O3S2.ClH/c1-12-14-11-15(16(22)18-9-10-20(2)26(3,23)24)25-17(14)21(19-12)13-7-5-4-6-8-13;/h11,13H,4-10H2,1-3H3,(H,18,22);1H. The van der Waals surface area contributed by atoms with Gasteiger partial charge in [-0.15, -0.1) is 23.7 Å². The van der Waals surface area contributed by atoms with Gasteiger partial charge in [-0.1, -0.05) is 19.3 Å². The number of hydrogen-bond acceptors (Lipinski definition) is 5. The highest BCUT2D eigenvalue weighted by molar-refractivity contribution is 7.88. The molecule has 27 heavy (non-hydrogen) atoms. The average Bonchev–Trinajstić information content (AvgIpc) is 3.15. The fourth-order valence-electron chi connectivity index (χ4n) is 3.34. The quantitative estimate of drug-likeness (QED) is 0.757. The van der Waals surface area contributed by atoms with E-state index in [0.29, 0.717) is 10.9 Å². The van der Waals surface area contributed by atoms with E-state index >= 15 is 0 Å². The lowest BCUT2D eigenvalue weighted by Gasteiger charge is -2.22. The van der Waals surface area contributed by atoms with Gasteiger partial charge >= 0.3 is 0 Å². The third-order valence-corrected chi connectivity index (χ3v) is 7.43. The number of carbonyl (C=O) groups is 1. The van der Waals surface area contributed by atoms with E-state index < -0.39 is 10.0 Å². The Labute approximate surface area is 170 Å². The second-order valence-corrected chi connectivity index (χ2v) is 10.1. The number of likely N-dealkylation sites (N-methyl/N-ethyl adjacent to an activating group) is 1. The van der Waals surface area contributed by atoms with E-state index in [1.165, 1.54) is 42.0 Å². The summed E-state index contributed by atoms with van der Waals surface area (Å²) >= 11 is 1.47. The van der Waals surface area contributed by atoms with E-state index in [-0.39, 0.29) is 31.4 Å². The number of fused-ring (bicyclic) bond motifs is 1. The first-order chi connectivity index (χ1) is 12.3. The third-order valence-electron chi connectivity index (χ3n) is 4.99. The fourth-order valence-corrected chi connectivity index (χ4v) is 4.91. The van der Waals surface area contributed by atoms with Crippen molar-refractivity contribution in [2.24, 2.45) is 0 Å². The number of aryl methyl sites for hydroxylation is 1. The van der Waals surface area contributed by atoms with Crippen molar-refractivity contribution in [1.29, 1.82) is 0 Å². The fraction of sp³-hybridized carbons (Fsp3) is 0.647. The Bertz CT molecular complexity index is 901. The van der Waals surface area contributed by atoms with Crippen molar-refractivity contribution in [2.45, 2.75) is 45.1 Å². The molecule has 2 heterocycles. The van der Waals surface area contributed by atoms with Crippen LogP contribution in [0.4, 0.5) is 0 Å². The minimum absolute atomic E-state index is 0. The molecule has 0 aliphatic heterocycles. The van der Waals surface area contributed by atoms with Crippen molar-refractivity contribution in [1.82, 2.24) is 19.4 Å². The second-order valence-electron chi connectivity index (χ2n) is 6.99. The molecule has 0 unspecified atom stereocenters. The summed E-state index contributed by atoms with van der Waals surface area (Å²) in [6, 6.07) is 2.33. The summed E-state index contributed by atoms with van der Waals surface area (Å²) in [4.78, 5) is 14.2. The Kier molecular flexibility index (Phi) is 7.29. The minimum Gasteiger partial charge on any atom is -0.350 e. The second kappa shape index (κ2) is 8.89. The van der Waals surface area contributed by atoms with Gasteiger partial charge in [0.2, 0.25) is 10.0 Å². The molecule has 1 aliphatic carbocycles. The SMILES string of the molecule is Cc1nn(C2CCCCC2)c2sc(C(=O)NCCN(C)S(C)(=O)=O)cc12.Cl. The molecule has 0 radical (unpaired) electrons. The number of nitrogens with one attached hydrogen (secondary N) is 1. The maximum absolute atomic E-state index is 12.4. The van der Waals surface area contributed by atoms with Crippen molar-refractivity contribution < 1.29 is 13.2 Å². The summed E-state index contributed by atoms with van der Waals surface area (Å²) in [6.07, 6.45) is 7.21. The molecule has 7 nitrogen and oxygen atoms in total. The lowest BCUT2D eigenvalue weighted by atomic mass is 9.96. The molecule has 2 aromatic heterocycles. The number of nitrogens with zero attached hydrogens (tertiary/aromatic N) is 3. The van der Waals surface area contributed by atoms with Gasteiger partial charge in [0.05, 0.1) is 22.9 Å². The first kappa shape index (κ1) is 22.1. The largest absolute Gasteiger partial charge is 0.350 e. The molecule has 0 aromatic carbocycles. The van der Waals surface area contributed by atoms with Crippen LogP contribution in [-0.2, 0) is 10.0 Å². The van der Waals surface area contributed by atoms with E-state index in [0.717, 1.165) is 35.0 Å². The van der Waals surface area contributed by atoms with Gasteiger partial charge in [0.15, 0.2) is 0 Å². The molecule has 0 bridgehead atoms. The van der Waals surface area contributed by atoms with Crippen LogP contribution in [0, 0.1) is 6.92 Å². The Hall–Kier alpha value is -1.16. The van der Waals surface area contributed by atoms with Gasteiger partial charge in [-0.2, -0.15) is 5.10 Å². The number of carbonyl (C=O) groups excluding carboxylic acids is 1. The first-order valence-electron chi connectivity index (χ1n) is 8.95. The molecule has 0 atom stereocenters. The Balaban J connectivity index is 0.00000261. The van der Waals surface area contributed by atoms with Crippen LogP contribution in [0.3, 0.4) is 0 Å². The van der Waals surface area contributed by atoms with Crippen molar-refractivity contribution in [3.8, 4) is 0 Å². The van der Waals surface area contributed by atoms with Crippen LogP contribution in [0.1, 0.15) is 53.5 Å². The van der Waals surface area contributed by atoms with Crippen LogP contribution in [0.15, 0.2) is 6.07 Å². The van der Waals surface area contributed by atoms with Gasteiger partial charge in [0, 0.05) is 25.5 Å². The highest BCUT2D eigenvalue weighted by Crippen LogP contribution is 2.35. The summed E-state index contributed by atoms with van der Waals surface area (Å²) in [6.45, 7) is 2.52. The van der Waals surface area contributed by atoms with Gasteiger partial charge in [0.1, 0.15) is 4.83 Å². The van der Waals surface area contributed by atoms with Crippen molar-refractivity contribution in [2.75, 3.05) is 26.4 Å². The van der Waals surface area contributed by atoms with Crippen molar-refractivity contribution in [3.05, 3.63) is 16.6 Å². The minimum atomic E-state index is -3.23. The number of thiophene rings is 1. The van der Waals surface area contributed by atoms with Crippen LogP contribution in [-0.4, -0.2) is 54.8 Å². The summed E-state index contributed by atoms with van der Waals surface area (Å²) in [5.74, 6) is -0.164. The normalized spacial score (nSPS) is 15.9. The zero-order chi connectivity index (χ0) is 18.9. The molecule has 1 amide bonds. The number of amides is 1. The average molecular weight is 435 g/mol. The zero-order valence-electron chi connectivity index (χ0n) is 15.9. The molecule has 3 rings (SSSR count). The summed E-state index contributed by atoms with van der Waals surface area (Å²) in [7, 11) is -1.72. The van der Waals surface area contributed by atoms with Crippen molar-refractivity contribution >= 4 is 49.9 Å². The van der Waals surface area contributed by atoms with Gasteiger partial charge < -0.3 is 5.32 Å². The van der Waals surface area contributed by atoms with Gasteiger partial charge in [-0.05, 0) is 25.8 Å². The molecule has 1 N–H and O–H groups in total. The first-order valence-corrected chi connectivity index (χ1v) is 11.6. The maximum Gasteiger partial charge on any atom is 0.261 e. The van der Waals surface area contributed by atoms with Crippen molar-refractivity contribution in [3.63, 3.8) is 0 Å². The summed E-state index contributed by atoms with van der Waals surface area (Å²) < 4.78 is 26.1. The monoisotopic (exact) mass is 434 g/mol. The van der Waals surface area contributed by atoms with Crippen LogP contribution in [0.25, 0.3) is 10.2 Å². The van der Waals surface area contributed by atoms with E-state index in [9.17, 15) is 13.2 Å². The Morgan fingerprint density at radius 3 is 2.67 bits per heavy atom. The highest BCUT2D eigenvalue weighted by atomic mass is 35.5. The number of aromatic nitrogens is 2. The predicted molar refractivity (Wildman–Crippen MR) is 112 cm³/mol. The lowest BCUT2D eigenvalue weighted by molar-refractivity contribution is 0.0956. The predicted octanol–water partition coefficient (Wildman–Crippen LogP) is 2.95. The molecule has 1 saturated carbocycles. The molecule has 0 spiro atoms. The molecular weight excluding hydrogens is 408 g/mol. The molecule has 2 aromatic rings. The molecule has 1 aliphatic rings. The molecule has 1 fully saturated rings. The van der Waals surface area contributed by atoms with Crippen LogP contribution < -0.4 is 5.32 Å². The Morgan fingerprint density at radius 1 is 1.37 bits per heavy atom. The number of rotatable bonds is 6. The highest BCUT2D eigenvalue weighted by Gasteiger charge is 2.22. The lowest BCUT2D eigenvalue weighted by Crippen LogP contribution is -2.35. The van der Waals surface area contributed by atoms with E-state index in [2.05, 4.69) is 10.00 Å². The third kappa shape index (κ3) is 5.01. The maximum atomic E-state index is 12.4. The molecule has 10 heteroatoms. The van der Waals surface area contributed by atoms with Gasteiger partial charge in [0.25, 0.3) is 5.91 Å². The Morgan fingerprint density at radius 2 is 2.04 bits per heavy atom. The van der Waals surface area contributed by atoms with Gasteiger partial charge in [-0.25, -0.2) is 12.7 Å². The molecule has 152 valence electrons. The number of halogens is 1. The topological polar surface area (TPSA) is 84.3 Å². The molecular formula is C17H27ClN4O3S2. The smallest absolute Gasteiger partial charge is 0.261 e. The van der Waals surface area contributed by atoms with Gasteiger partial charge in [-0.3, -0.25) is 9.48 Å². The van der Waals surface area contributed by atoms with Crippen LogP contribution >= 0.6 is 23.7 Å². The van der Waals surface area contributed by atoms with Crippen LogP contribution in [0.5, 0.6) is 0 Å². The summed E-state index contributed by atoms with van der Waals surface area (Å²) in [5, 5.41) is 8.56. The van der Waals surface area contributed by atoms with E-state index in [4.69, 9.17) is 5.10 Å². The number of hydrogen-bond donors (Lipinski definition) is 1. The zero-order valence-corrected chi connectivity index (χ0v) is 18.3. The van der Waals surface area contributed by atoms with E-state index in [1.807, 2.05) is 13.0 Å². The molecule has 0 saturated heterocycles. The van der Waals surface area contributed by atoms with E-state index in [1.54, 1.807) is 0 Å². The number of sulfonamides is 1. The van der Waals surface area contributed by atoms with Crippen LogP contribution in [0.2, 0.25) is 0 Å².